The first-order valence-corrected chi connectivity index (χ1v) is 5.17. The molecule has 0 heterocycles. The van der Waals surface area contributed by atoms with Gasteiger partial charge in [0.15, 0.2) is 0 Å². The topological polar surface area (TPSA) is 9.23 Å². The summed E-state index contributed by atoms with van der Waals surface area (Å²) >= 11 is 0. The summed E-state index contributed by atoms with van der Waals surface area (Å²) in [5.74, 6) is 0.950. The maximum absolute atomic E-state index is 5.55. The standard InChI is InChI=1S/C13H18O/c1-3-4-5-6-10-14-13-9-7-8-12(2)11-13/h5-9,11H,3-4,10H2,1-2H3. The van der Waals surface area contributed by atoms with Crippen molar-refractivity contribution in [3.63, 3.8) is 0 Å². The van der Waals surface area contributed by atoms with E-state index in [4.69, 9.17) is 4.74 Å². The molecule has 1 aromatic carbocycles. The molecule has 0 aliphatic heterocycles. The van der Waals surface area contributed by atoms with E-state index in [1.807, 2.05) is 18.2 Å². The fourth-order valence-corrected chi connectivity index (χ4v) is 1.20. The highest BCUT2D eigenvalue weighted by molar-refractivity contribution is 5.27. The fourth-order valence-electron chi connectivity index (χ4n) is 1.20. The van der Waals surface area contributed by atoms with Gasteiger partial charge in [-0.15, -0.1) is 0 Å². The summed E-state index contributed by atoms with van der Waals surface area (Å²) in [7, 11) is 0. The largest absolute Gasteiger partial charge is 0.490 e. The molecule has 0 N–H and O–H groups in total. The maximum atomic E-state index is 5.55. The molecular weight excluding hydrogens is 172 g/mol. The number of hydrogen-bond acceptors (Lipinski definition) is 1. The first-order valence-electron chi connectivity index (χ1n) is 5.17. The van der Waals surface area contributed by atoms with Gasteiger partial charge in [-0.3, -0.25) is 0 Å². The lowest BCUT2D eigenvalue weighted by atomic mass is 10.2. The zero-order chi connectivity index (χ0) is 10.2. The molecule has 0 amide bonds. The zero-order valence-electron chi connectivity index (χ0n) is 8.99. The Morgan fingerprint density at radius 1 is 1.29 bits per heavy atom. The van der Waals surface area contributed by atoms with Crippen molar-refractivity contribution in [3.05, 3.63) is 42.0 Å². The Labute approximate surface area is 86.4 Å². The molecule has 1 aromatic rings. The minimum Gasteiger partial charge on any atom is -0.490 e. The van der Waals surface area contributed by atoms with Crippen molar-refractivity contribution < 1.29 is 4.74 Å². The van der Waals surface area contributed by atoms with Crippen molar-refractivity contribution in [1.29, 1.82) is 0 Å². The quantitative estimate of drug-likeness (QED) is 0.643. The van der Waals surface area contributed by atoms with Crippen LogP contribution in [-0.4, -0.2) is 6.61 Å². The summed E-state index contributed by atoms with van der Waals surface area (Å²) in [5, 5.41) is 0. The van der Waals surface area contributed by atoms with Crippen molar-refractivity contribution in [2.45, 2.75) is 26.7 Å². The average molecular weight is 190 g/mol. The molecule has 1 heteroatoms. The summed E-state index contributed by atoms with van der Waals surface area (Å²) in [4.78, 5) is 0. The normalized spacial score (nSPS) is 10.7. The van der Waals surface area contributed by atoms with Crippen LogP contribution in [0.4, 0.5) is 0 Å². The van der Waals surface area contributed by atoms with Crippen molar-refractivity contribution in [1.82, 2.24) is 0 Å². The van der Waals surface area contributed by atoms with Gasteiger partial charge in [-0.25, -0.2) is 0 Å². The molecule has 14 heavy (non-hydrogen) atoms. The summed E-state index contributed by atoms with van der Waals surface area (Å²) in [6.45, 7) is 4.91. The van der Waals surface area contributed by atoms with E-state index in [-0.39, 0.29) is 0 Å². The van der Waals surface area contributed by atoms with Crippen LogP contribution < -0.4 is 4.74 Å². The van der Waals surface area contributed by atoms with Gasteiger partial charge in [0, 0.05) is 0 Å². The Morgan fingerprint density at radius 3 is 2.86 bits per heavy atom. The third-order valence-electron chi connectivity index (χ3n) is 1.96. The lowest BCUT2D eigenvalue weighted by molar-refractivity contribution is 0.362. The van der Waals surface area contributed by atoms with Gasteiger partial charge in [-0.05, 0) is 31.0 Å². The second-order valence-corrected chi connectivity index (χ2v) is 3.39. The predicted molar refractivity (Wildman–Crippen MR) is 60.7 cm³/mol. The third kappa shape index (κ3) is 4.13. The van der Waals surface area contributed by atoms with Gasteiger partial charge < -0.3 is 4.74 Å². The zero-order valence-corrected chi connectivity index (χ0v) is 8.99. The van der Waals surface area contributed by atoms with Crippen LogP contribution in [0.15, 0.2) is 36.4 Å². The fraction of sp³-hybridized carbons (Fsp3) is 0.385. The molecule has 1 nitrogen and oxygen atoms in total. The van der Waals surface area contributed by atoms with Crippen LogP contribution in [0, 0.1) is 6.92 Å². The highest BCUT2D eigenvalue weighted by atomic mass is 16.5. The van der Waals surface area contributed by atoms with Crippen LogP contribution in [-0.2, 0) is 0 Å². The summed E-state index contributed by atoms with van der Waals surface area (Å²) in [5.41, 5.74) is 1.24. The van der Waals surface area contributed by atoms with E-state index in [0.717, 1.165) is 12.2 Å². The average Bonchev–Trinajstić information content (AvgIpc) is 2.18. The number of aryl methyl sites for hydroxylation is 1. The van der Waals surface area contributed by atoms with E-state index in [1.54, 1.807) is 0 Å². The smallest absolute Gasteiger partial charge is 0.120 e. The van der Waals surface area contributed by atoms with Gasteiger partial charge in [-0.2, -0.15) is 0 Å². The first kappa shape index (κ1) is 10.8. The molecule has 0 aliphatic carbocycles. The third-order valence-corrected chi connectivity index (χ3v) is 1.96. The van der Waals surface area contributed by atoms with Gasteiger partial charge in [0.05, 0.1) is 0 Å². The van der Waals surface area contributed by atoms with E-state index in [1.165, 1.54) is 12.0 Å². The van der Waals surface area contributed by atoms with Crippen LogP contribution in [0.25, 0.3) is 0 Å². The van der Waals surface area contributed by atoms with Crippen LogP contribution in [0.5, 0.6) is 5.75 Å². The molecule has 0 aliphatic rings. The molecule has 0 radical (unpaired) electrons. The second kappa shape index (κ2) is 6.25. The van der Waals surface area contributed by atoms with E-state index in [2.05, 4.69) is 32.1 Å². The molecule has 0 saturated heterocycles. The van der Waals surface area contributed by atoms with Gasteiger partial charge in [0.25, 0.3) is 0 Å². The molecule has 76 valence electrons. The minimum absolute atomic E-state index is 0.670. The number of hydrogen-bond donors (Lipinski definition) is 0. The van der Waals surface area contributed by atoms with Crippen molar-refractivity contribution in [2.24, 2.45) is 0 Å². The monoisotopic (exact) mass is 190 g/mol. The molecule has 1 rings (SSSR count). The Kier molecular flexibility index (Phi) is 4.84. The van der Waals surface area contributed by atoms with Gasteiger partial charge >= 0.3 is 0 Å². The maximum Gasteiger partial charge on any atom is 0.120 e. The molecule has 0 saturated carbocycles. The molecule has 0 bridgehead atoms. The van der Waals surface area contributed by atoms with Crippen LogP contribution in [0.3, 0.4) is 0 Å². The van der Waals surface area contributed by atoms with E-state index in [0.29, 0.717) is 6.61 Å². The SMILES string of the molecule is CCCC=CCOc1cccc(C)c1. The van der Waals surface area contributed by atoms with Crippen molar-refractivity contribution in [3.8, 4) is 5.75 Å². The summed E-state index contributed by atoms with van der Waals surface area (Å²) in [6, 6.07) is 8.12. The second-order valence-electron chi connectivity index (χ2n) is 3.39. The Balaban J connectivity index is 2.31. The Hall–Kier alpha value is -1.24. The highest BCUT2D eigenvalue weighted by Gasteiger charge is 1.90. The summed E-state index contributed by atoms with van der Waals surface area (Å²) in [6.07, 6.45) is 6.57. The predicted octanol–water partition coefficient (Wildman–Crippen LogP) is 3.73. The van der Waals surface area contributed by atoms with Crippen LogP contribution in [0.2, 0.25) is 0 Å². The lowest BCUT2D eigenvalue weighted by Crippen LogP contribution is -1.93. The molecule has 0 fully saturated rings. The Morgan fingerprint density at radius 2 is 2.14 bits per heavy atom. The van der Waals surface area contributed by atoms with Crippen molar-refractivity contribution >= 4 is 0 Å². The molecule has 0 unspecified atom stereocenters. The van der Waals surface area contributed by atoms with E-state index in [9.17, 15) is 0 Å². The lowest BCUT2D eigenvalue weighted by Gasteiger charge is -2.03. The number of rotatable bonds is 5. The van der Waals surface area contributed by atoms with Crippen molar-refractivity contribution in [2.75, 3.05) is 6.61 Å². The molecule has 0 atom stereocenters. The van der Waals surface area contributed by atoms with E-state index >= 15 is 0 Å². The molecule has 0 aromatic heterocycles. The Bertz CT molecular complexity index is 289. The summed E-state index contributed by atoms with van der Waals surface area (Å²) < 4.78 is 5.55. The van der Waals surface area contributed by atoms with Crippen LogP contribution in [0.1, 0.15) is 25.3 Å². The molecule has 0 spiro atoms. The van der Waals surface area contributed by atoms with E-state index < -0.39 is 0 Å². The number of unbranched alkanes of at least 4 members (excludes halogenated alkanes) is 1. The van der Waals surface area contributed by atoms with Gasteiger partial charge in [0.1, 0.15) is 12.4 Å². The number of ether oxygens (including phenoxy) is 1. The first-order chi connectivity index (χ1) is 6.83. The highest BCUT2D eigenvalue weighted by Crippen LogP contribution is 2.11. The van der Waals surface area contributed by atoms with Crippen LogP contribution >= 0.6 is 0 Å². The number of benzene rings is 1. The minimum atomic E-state index is 0.670. The van der Waals surface area contributed by atoms with Gasteiger partial charge in [-0.1, -0.05) is 37.6 Å². The van der Waals surface area contributed by atoms with Gasteiger partial charge in [0.2, 0.25) is 0 Å². The number of allylic oxidation sites excluding steroid dienone is 1. The molecular formula is C13H18O.